The standard InChI is InChI=1S/C15H22N6O2S/c1-11-8-13(19-18-11)15-10-16-14(9-17-15)12-4-6-21(7-5-12)24(22,23)20(2)3/h8-10,12H,4-7H2,1-3H3,(H,18,19). The lowest BCUT2D eigenvalue weighted by Crippen LogP contribution is -2.44. The third-order valence-electron chi connectivity index (χ3n) is 4.30. The first-order valence-electron chi connectivity index (χ1n) is 7.90. The van der Waals surface area contributed by atoms with Crippen molar-refractivity contribution in [3.8, 4) is 11.4 Å². The Labute approximate surface area is 142 Å². The van der Waals surface area contributed by atoms with E-state index in [0.29, 0.717) is 13.1 Å². The van der Waals surface area contributed by atoms with Crippen LogP contribution in [-0.2, 0) is 10.2 Å². The Kier molecular flexibility index (Phi) is 4.66. The summed E-state index contributed by atoms with van der Waals surface area (Å²) < 4.78 is 27.1. The molecule has 1 aliphatic heterocycles. The summed E-state index contributed by atoms with van der Waals surface area (Å²) in [7, 11) is -0.211. The highest BCUT2D eigenvalue weighted by Crippen LogP contribution is 2.28. The molecule has 2 aromatic rings. The molecule has 3 rings (SSSR count). The molecule has 0 bridgehead atoms. The fourth-order valence-electron chi connectivity index (χ4n) is 2.84. The summed E-state index contributed by atoms with van der Waals surface area (Å²) in [6, 6.07) is 1.92. The number of piperidine rings is 1. The summed E-state index contributed by atoms with van der Waals surface area (Å²) in [6.45, 7) is 2.95. The lowest BCUT2D eigenvalue weighted by molar-refractivity contribution is 0.300. The van der Waals surface area contributed by atoms with Gasteiger partial charge in [-0.3, -0.25) is 15.1 Å². The first-order chi connectivity index (χ1) is 11.4. The van der Waals surface area contributed by atoms with Gasteiger partial charge in [-0.15, -0.1) is 0 Å². The Balaban J connectivity index is 1.67. The number of nitrogens with one attached hydrogen (secondary N) is 1. The number of aromatic amines is 1. The van der Waals surface area contributed by atoms with Gasteiger partial charge in [-0.2, -0.15) is 22.1 Å². The van der Waals surface area contributed by atoms with Crippen LogP contribution in [0.1, 0.15) is 30.1 Å². The van der Waals surface area contributed by atoms with Gasteiger partial charge in [0, 0.05) is 45.0 Å². The summed E-state index contributed by atoms with van der Waals surface area (Å²) in [6.07, 6.45) is 5.01. The molecule has 0 spiro atoms. The zero-order valence-corrected chi connectivity index (χ0v) is 14.9. The van der Waals surface area contributed by atoms with Crippen LogP contribution in [0.5, 0.6) is 0 Å². The predicted octanol–water partition coefficient (Wildman–Crippen LogP) is 1.16. The molecule has 130 valence electrons. The third-order valence-corrected chi connectivity index (χ3v) is 6.24. The molecule has 0 atom stereocenters. The average Bonchev–Trinajstić information content (AvgIpc) is 3.01. The van der Waals surface area contributed by atoms with E-state index in [4.69, 9.17) is 0 Å². The molecule has 0 aliphatic carbocycles. The molecular weight excluding hydrogens is 328 g/mol. The van der Waals surface area contributed by atoms with Crippen molar-refractivity contribution in [1.29, 1.82) is 0 Å². The Morgan fingerprint density at radius 2 is 1.88 bits per heavy atom. The van der Waals surface area contributed by atoms with Gasteiger partial charge in [-0.25, -0.2) is 0 Å². The second-order valence-corrected chi connectivity index (χ2v) is 8.37. The van der Waals surface area contributed by atoms with Gasteiger partial charge in [0.05, 0.1) is 11.9 Å². The molecular formula is C15H22N6O2S. The van der Waals surface area contributed by atoms with Crippen molar-refractivity contribution in [2.75, 3.05) is 27.2 Å². The maximum Gasteiger partial charge on any atom is 0.281 e. The van der Waals surface area contributed by atoms with Gasteiger partial charge in [0.1, 0.15) is 11.4 Å². The smallest absolute Gasteiger partial charge is 0.281 e. The fraction of sp³-hybridized carbons (Fsp3) is 0.533. The van der Waals surface area contributed by atoms with Crippen molar-refractivity contribution in [2.45, 2.75) is 25.7 Å². The highest BCUT2D eigenvalue weighted by molar-refractivity contribution is 7.86. The van der Waals surface area contributed by atoms with Gasteiger partial charge < -0.3 is 0 Å². The first-order valence-corrected chi connectivity index (χ1v) is 9.29. The maximum absolute atomic E-state index is 12.1. The minimum Gasteiger partial charge on any atom is -0.282 e. The van der Waals surface area contributed by atoms with Crippen LogP contribution < -0.4 is 0 Å². The largest absolute Gasteiger partial charge is 0.282 e. The molecule has 8 nitrogen and oxygen atoms in total. The van der Waals surface area contributed by atoms with Crippen molar-refractivity contribution in [3.63, 3.8) is 0 Å². The van der Waals surface area contributed by atoms with Crippen molar-refractivity contribution < 1.29 is 8.42 Å². The van der Waals surface area contributed by atoms with Crippen LogP contribution >= 0.6 is 0 Å². The van der Waals surface area contributed by atoms with Gasteiger partial charge in [0.25, 0.3) is 10.2 Å². The summed E-state index contributed by atoms with van der Waals surface area (Å²) in [5.41, 5.74) is 3.40. The monoisotopic (exact) mass is 350 g/mol. The molecule has 0 amide bonds. The zero-order chi connectivity index (χ0) is 17.3. The number of rotatable bonds is 4. The molecule has 1 fully saturated rings. The second-order valence-electron chi connectivity index (χ2n) is 6.23. The number of H-pyrrole nitrogens is 1. The Hall–Kier alpha value is -1.84. The molecule has 0 saturated carbocycles. The molecule has 0 aromatic carbocycles. The minimum absolute atomic E-state index is 0.237. The van der Waals surface area contributed by atoms with Gasteiger partial charge in [-0.05, 0) is 25.8 Å². The van der Waals surface area contributed by atoms with Crippen LogP contribution in [0.15, 0.2) is 18.5 Å². The summed E-state index contributed by atoms with van der Waals surface area (Å²) in [4.78, 5) is 8.96. The van der Waals surface area contributed by atoms with E-state index >= 15 is 0 Å². The van der Waals surface area contributed by atoms with E-state index < -0.39 is 10.2 Å². The van der Waals surface area contributed by atoms with E-state index in [-0.39, 0.29) is 5.92 Å². The highest BCUT2D eigenvalue weighted by Gasteiger charge is 2.30. The number of aryl methyl sites for hydroxylation is 1. The highest BCUT2D eigenvalue weighted by atomic mass is 32.2. The van der Waals surface area contributed by atoms with Crippen LogP contribution in [0.25, 0.3) is 11.4 Å². The van der Waals surface area contributed by atoms with Crippen LogP contribution in [0, 0.1) is 6.92 Å². The number of hydrogen-bond acceptors (Lipinski definition) is 5. The van der Waals surface area contributed by atoms with Gasteiger partial charge in [0.15, 0.2) is 0 Å². The van der Waals surface area contributed by atoms with Crippen LogP contribution in [0.4, 0.5) is 0 Å². The molecule has 9 heteroatoms. The van der Waals surface area contributed by atoms with E-state index in [1.807, 2.05) is 13.0 Å². The molecule has 0 radical (unpaired) electrons. The molecule has 0 unspecified atom stereocenters. The van der Waals surface area contributed by atoms with E-state index in [1.165, 1.54) is 8.61 Å². The predicted molar refractivity (Wildman–Crippen MR) is 90.5 cm³/mol. The third kappa shape index (κ3) is 3.33. The van der Waals surface area contributed by atoms with Crippen LogP contribution in [0.2, 0.25) is 0 Å². The molecule has 3 heterocycles. The van der Waals surface area contributed by atoms with Gasteiger partial charge in [-0.1, -0.05) is 0 Å². The van der Waals surface area contributed by atoms with Gasteiger partial charge >= 0.3 is 0 Å². The van der Waals surface area contributed by atoms with E-state index in [2.05, 4.69) is 20.2 Å². The molecule has 2 aromatic heterocycles. The van der Waals surface area contributed by atoms with Crippen molar-refractivity contribution in [2.24, 2.45) is 0 Å². The van der Waals surface area contributed by atoms with E-state index in [9.17, 15) is 8.42 Å². The average molecular weight is 350 g/mol. The van der Waals surface area contributed by atoms with Crippen LogP contribution in [0.3, 0.4) is 0 Å². The Morgan fingerprint density at radius 1 is 1.17 bits per heavy atom. The minimum atomic E-state index is -3.33. The molecule has 24 heavy (non-hydrogen) atoms. The molecule has 1 saturated heterocycles. The van der Waals surface area contributed by atoms with Crippen molar-refractivity contribution in [1.82, 2.24) is 28.8 Å². The molecule has 1 N–H and O–H groups in total. The lowest BCUT2D eigenvalue weighted by Gasteiger charge is -2.32. The molecule has 1 aliphatic rings. The topological polar surface area (TPSA) is 95.1 Å². The van der Waals surface area contributed by atoms with Crippen molar-refractivity contribution in [3.05, 3.63) is 29.8 Å². The number of nitrogens with zero attached hydrogens (tertiary/aromatic N) is 5. The van der Waals surface area contributed by atoms with E-state index in [0.717, 1.165) is 35.6 Å². The van der Waals surface area contributed by atoms with E-state index in [1.54, 1.807) is 26.5 Å². The van der Waals surface area contributed by atoms with Crippen LogP contribution in [-0.4, -0.2) is 64.4 Å². The number of hydrogen-bond donors (Lipinski definition) is 1. The fourth-order valence-corrected chi connectivity index (χ4v) is 3.98. The number of aromatic nitrogens is 4. The summed E-state index contributed by atoms with van der Waals surface area (Å²) in [5.74, 6) is 0.237. The maximum atomic E-state index is 12.1. The SMILES string of the molecule is Cc1cc(-c2cnc(C3CCN(S(=O)(=O)N(C)C)CC3)cn2)n[nH]1. The Bertz CT molecular complexity index is 792. The quantitative estimate of drug-likeness (QED) is 0.893. The Morgan fingerprint density at radius 3 is 2.38 bits per heavy atom. The first kappa shape index (κ1) is 17.0. The van der Waals surface area contributed by atoms with Crippen molar-refractivity contribution >= 4 is 10.2 Å². The van der Waals surface area contributed by atoms with Gasteiger partial charge in [0.2, 0.25) is 0 Å². The normalized spacial score (nSPS) is 17.5. The summed E-state index contributed by atoms with van der Waals surface area (Å²) >= 11 is 0. The zero-order valence-electron chi connectivity index (χ0n) is 14.1. The lowest BCUT2D eigenvalue weighted by atomic mass is 9.95. The second kappa shape index (κ2) is 6.58. The summed E-state index contributed by atoms with van der Waals surface area (Å²) in [5, 5.41) is 7.07.